The van der Waals surface area contributed by atoms with Gasteiger partial charge in [0, 0.05) is 26.2 Å². The maximum atomic E-state index is 14.1. The van der Waals surface area contributed by atoms with Crippen LogP contribution >= 0.6 is 22.7 Å². The number of hydrogen-bond acceptors (Lipinski definition) is 6. The molecule has 1 amide bonds. The molecule has 5 aromatic rings. The van der Waals surface area contributed by atoms with Crippen molar-refractivity contribution in [1.82, 2.24) is 19.7 Å². The normalized spacial score (nSPS) is 11.6. The van der Waals surface area contributed by atoms with E-state index in [1.165, 1.54) is 9.75 Å². The van der Waals surface area contributed by atoms with Crippen molar-refractivity contribution >= 4 is 39.6 Å². The van der Waals surface area contributed by atoms with Gasteiger partial charge in [-0.1, -0.05) is 6.07 Å². The maximum absolute atomic E-state index is 14.1. The second-order valence-electron chi connectivity index (χ2n) is 8.62. The van der Waals surface area contributed by atoms with Crippen molar-refractivity contribution in [3.05, 3.63) is 80.2 Å². The number of thiophene rings is 2. The summed E-state index contributed by atoms with van der Waals surface area (Å²) in [6.07, 6.45) is 3.40. The third-order valence-corrected chi connectivity index (χ3v) is 7.57. The molecule has 0 bridgehead atoms. The minimum absolute atomic E-state index is 0.0636. The number of aryl methyl sites for hydroxylation is 2. The minimum atomic E-state index is -0.0636. The van der Waals surface area contributed by atoms with Crippen molar-refractivity contribution in [1.29, 1.82) is 0 Å². The SMILES string of the molecule is Cc1cc(-c2cc(C(=O)N(Cc3ccco3)Cc3cccs3)c3cnn(C(C)C)c3n2)c(C)s1. The molecule has 0 spiro atoms. The largest absolute Gasteiger partial charge is 0.467 e. The zero-order valence-corrected chi connectivity index (χ0v) is 21.2. The summed E-state index contributed by atoms with van der Waals surface area (Å²) in [6.45, 7) is 9.23. The molecule has 0 aromatic carbocycles. The van der Waals surface area contributed by atoms with Gasteiger partial charge in [0.2, 0.25) is 0 Å². The third kappa shape index (κ3) is 4.31. The number of carbonyl (C=O) groups excluding carboxylic acids is 1. The number of amides is 1. The van der Waals surface area contributed by atoms with Crippen LogP contribution < -0.4 is 0 Å². The molecule has 0 aliphatic heterocycles. The summed E-state index contributed by atoms with van der Waals surface area (Å²) in [5.74, 6) is 0.684. The summed E-state index contributed by atoms with van der Waals surface area (Å²) in [5.41, 5.74) is 3.20. The van der Waals surface area contributed by atoms with Gasteiger partial charge in [-0.25, -0.2) is 9.67 Å². The second kappa shape index (κ2) is 9.19. The molecule has 0 radical (unpaired) electrons. The molecule has 34 heavy (non-hydrogen) atoms. The van der Waals surface area contributed by atoms with Crippen molar-refractivity contribution in [3.8, 4) is 11.3 Å². The first kappa shape index (κ1) is 22.6. The van der Waals surface area contributed by atoms with Crippen molar-refractivity contribution < 1.29 is 9.21 Å². The van der Waals surface area contributed by atoms with E-state index in [1.54, 1.807) is 35.1 Å². The highest BCUT2D eigenvalue weighted by Crippen LogP contribution is 2.33. The third-order valence-electron chi connectivity index (χ3n) is 5.74. The number of pyridine rings is 1. The van der Waals surface area contributed by atoms with E-state index in [0.717, 1.165) is 32.9 Å². The van der Waals surface area contributed by atoms with E-state index in [0.29, 0.717) is 18.7 Å². The van der Waals surface area contributed by atoms with Crippen molar-refractivity contribution in [3.63, 3.8) is 0 Å². The molecule has 6 nitrogen and oxygen atoms in total. The second-order valence-corrected chi connectivity index (χ2v) is 11.1. The highest BCUT2D eigenvalue weighted by Gasteiger charge is 2.24. The van der Waals surface area contributed by atoms with Crippen LogP contribution in [0, 0.1) is 13.8 Å². The Bertz CT molecular complexity index is 1390. The molecule has 0 saturated carbocycles. The van der Waals surface area contributed by atoms with Gasteiger partial charge in [0.05, 0.1) is 42.2 Å². The summed E-state index contributed by atoms with van der Waals surface area (Å²) in [6, 6.07) is 12.0. The molecule has 0 aliphatic carbocycles. The van der Waals surface area contributed by atoms with E-state index < -0.39 is 0 Å². The summed E-state index contributed by atoms with van der Waals surface area (Å²) in [5, 5.41) is 7.38. The van der Waals surface area contributed by atoms with Crippen LogP contribution in [-0.4, -0.2) is 25.6 Å². The van der Waals surface area contributed by atoms with Crippen LogP contribution in [0.2, 0.25) is 0 Å². The zero-order chi connectivity index (χ0) is 23.8. The fraction of sp³-hybridized carbons (Fsp3) is 0.269. The van der Waals surface area contributed by atoms with Gasteiger partial charge in [-0.3, -0.25) is 4.79 Å². The molecule has 8 heteroatoms. The van der Waals surface area contributed by atoms with E-state index in [9.17, 15) is 4.79 Å². The van der Waals surface area contributed by atoms with Crippen LogP contribution in [0.5, 0.6) is 0 Å². The average molecular weight is 491 g/mol. The fourth-order valence-electron chi connectivity index (χ4n) is 4.15. The molecule has 0 atom stereocenters. The lowest BCUT2D eigenvalue weighted by Crippen LogP contribution is -2.30. The minimum Gasteiger partial charge on any atom is -0.467 e. The monoisotopic (exact) mass is 490 g/mol. The van der Waals surface area contributed by atoms with E-state index in [2.05, 4.69) is 44.9 Å². The Kier molecular flexibility index (Phi) is 6.10. The standard InChI is InChI=1S/C26H26N4O2S2/c1-16(2)30-25-23(13-27-30)22(12-24(28-25)21-11-17(3)34-18(21)4)26(31)29(14-19-7-5-9-32-19)15-20-8-6-10-33-20/h5-13,16H,14-15H2,1-4H3. The van der Waals surface area contributed by atoms with Gasteiger partial charge in [0.1, 0.15) is 5.76 Å². The smallest absolute Gasteiger partial charge is 0.255 e. The number of aromatic nitrogens is 3. The Morgan fingerprint density at radius 2 is 2.03 bits per heavy atom. The van der Waals surface area contributed by atoms with Crippen molar-refractivity contribution in [2.45, 2.75) is 46.8 Å². The number of furan rings is 1. The average Bonchev–Trinajstić information content (AvgIpc) is 3.60. The van der Waals surface area contributed by atoms with Gasteiger partial charge in [-0.15, -0.1) is 22.7 Å². The molecule has 5 heterocycles. The van der Waals surface area contributed by atoms with Crippen LogP contribution in [-0.2, 0) is 13.1 Å². The molecule has 5 aromatic heterocycles. The lowest BCUT2D eigenvalue weighted by molar-refractivity contribution is 0.0721. The van der Waals surface area contributed by atoms with Gasteiger partial charge in [-0.05, 0) is 63.4 Å². The first-order chi connectivity index (χ1) is 16.4. The highest BCUT2D eigenvalue weighted by atomic mass is 32.1. The molecular weight excluding hydrogens is 464 g/mol. The Hall–Kier alpha value is -3.23. The van der Waals surface area contributed by atoms with E-state index in [-0.39, 0.29) is 11.9 Å². The molecule has 0 N–H and O–H groups in total. The van der Waals surface area contributed by atoms with Crippen LogP contribution in [0.4, 0.5) is 0 Å². The Balaban J connectivity index is 1.65. The number of carbonyl (C=O) groups is 1. The van der Waals surface area contributed by atoms with Gasteiger partial charge >= 0.3 is 0 Å². The Labute approximate surface area is 206 Å². The first-order valence-corrected chi connectivity index (χ1v) is 12.9. The quantitative estimate of drug-likeness (QED) is 0.250. The van der Waals surface area contributed by atoms with Crippen molar-refractivity contribution in [2.24, 2.45) is 0 Å². The zero-order valence-electron chi connectivity index (χ0n) is 19.6. The maximum Gasteiger partial charge on any atom is 0.255 e. The van der Waals surface area contributed by atoms with Gasteiger partial charge in [0.25, 0.3) is 5.91 Å². The molecule has 0 aliphatic rings. The summed E-state index contributed by atoms with van der Waals surface area (Å²) >= 11 is 3.38. The summed E-state index contributed by atoms with van der Waals surface area (Å²) in [7, 11) is 0. The summed E-state index contributed by atoms with van der Waals surface area (Å²) < 4.78 is 7.48. The number of fused-ring (bicyclic) bond motifs is 1. The van der Waals surface area contributed by atoms with Gasteiger partial charge in [0.15, 0.2) is 5.65 Å². The highest BCUT2D eigenvalue weighted by molar-refractivity contribution is 7.12. The van der Waals surface area contributed by atoms with Gasteiger partial charge < -0.3 is 9.32 Å². The fourth-order valence-corrected chi connectivity index (χ4v) is 5.80. The van der Waals surface area contributed by atoms with Crippen LogP contribution in [0.1, 0.15) is 50.6 Å². The lowest BCUT2D eigenvalue weighted by atomic mass is 10.1. The van der Waals surface area contributed by atoms with Crippen LogP contribution in [0.25, 0.3) is 22.3 Å². The molecule has 174 valence electrons. The number of nitrogens with zero attached hydrogens (tertiary/aromatic N) is 4. The number of rotatable bonds is 7. The number of hydrogen-bond donors (Lipinski definition) is 0. The van der Waals surface area contributed by atoms with E-state index in [4.69, 9.17) is 9.40 Å². The van der Waals surface area contributed by atoms with Crippen molar-refractivity contribution in [2.75, 3.05) is 0 Å². The van der Waals surface area contributed by atoms with E-state index in [1.807, 2.05) is 39.2 Å². The van der Waals surface area contributed by atoms with Gasteiger partial charge in [-0.2, -0.15) is 5.10 Å². The Morgan fingerprint density at radius 1 is 1.18 bits per heavy atom. The van der Waals surface area contributed by atoms with Crippen LogP contribution in [0.3, 0.4) is 0 Å². The topological polar surface area (TPSA) is 64.2 Å². The summed E-state index contributed by atoms with van der Waals surface area (Å²) in [4.78, 5) is 24.4. The molecule has 0 unspecified atom stereocenters. The van der Waals surface area contributed by atoms with Crippen LogP contribution in [0.15, 0.2) is 58.7 Å². The predicted molar refractivity (Wildman–Crippen MR) is 137 cm³/mol. The molecule has 0 fully saturated rings. The predicted octanol–water partition coefficient (Wildman–Crippen LogP) is 6.85. The first-order valence-electron chi connectivity index (χ1n) is 11.2. The molecular formula is C26H26N4O2S2. The van der Waals surface area contributed by atoms with E-state index >= 15 is 0 Å². The molecule has 5 rings (SSSR count). The molecule has 0 saturated heterocycles. The Morgan fingerprint density at radius 3 is 2.68 bits per heavy atom. The lowest BCUT2D eigenvalue weighted by Gasteiger charge is -2.22.